The molecule has 3 heterocycles. The predicted octanol–water partition coefficient (Wildman–Crippen LogP) is 3.25. The van der Waals surface area contributed by atoms with Crippen LogP contribution >= 0.6 is 0 Å². The number of fused-ring (bicyclic) bond motifs is 1. The van der Waals surface area contributed by atoms with Crippen LogP contribution in [-0.2, 0) is 6.61 Å². The molecule has 0 radical (unpaired) electrons. The number of aliphatic hydroxyl groups is 1. The molecule has 0 bridgehead atoms. The Balaban J connectivity index is 1.56. The van der Waals surface area contributed by atoms with Crippen molar-refractivity contribution in [3.63, 3.8) is 0 Å². The first-order chi connectivity index (χ1) is 12.7. The number of H-pyrrole nitrogens is 1. The van der Waals surface area contributed by atoms with Crippen molar-refractivity contribution in [2.75, 3.05) is 31.1 Å². The Kier molecular flexibility index (Phi) is 4.66. The fourth-order valence-corrected chi connectivity index (χ4v) is 3.75. The van der Waals surface area contributed by atoms with E-state index in [0.29, 0.717) is 6.04 Å². The second-order valence-corrected chi connectivity index (χ2v) is 7.24. The second-order valence-electron chi connectivity index (χ2n) is 7.24. The lowest BCUT2D eigenvalue weighted by atomic mass is 10.1. The molecule has 0 amide bonds. The van der Waals surface area contributed by atoms with Gasteiger partial charge in [-0.25, -0.2) is 0 Å². The number of aromatic nitrogens is 2. The highest BCUT2D eigenvalue weighted by Gasteiger charge is 2.19. The molecular weight excluding hydrogens is 324 g/mol. The molecule has 0 spiro atoms. The van der Waals surface area contributed by atoms with Crippen molar-refractivity contribution >= 4 is 16.6 Å². The molecule has 2 N–H and O–H groups in total. The third kappa shape index (κ3) is 3.20. The van der Waals surface area contributed by atoms with Crippen LogP contribution in [0.15, 0.2) is 42.6 Å². The maximum atomic E-state index is 9.37. The smallest absolute Gasteiger partial charge is 0.0831 e. The van der Waals surface area contributed by atoms with Gasteiger partial charge in [0, 0.05) is 66.3 Å². The van der Waals surface area contributed by atoms with E-state index >= 15 is 0 Å². The van der Waals surface area contributed by atoms with E-state index in [-0.39, 0.29) is 6.61 Å². The number of hydrogen-bond donors (Lipinski definition) is 2. The minimum Gasteiger partial charge on any atom is -0.390 e. The van der Waals surface area contributed by atoms with Gasteiger partial charge in [0.1, 0.15) is 0 Å². The van der Waals surface area contributed by atoms with Crippen molar-refractivity contribution in [2.24, 2.45) is 0 Å². The quantitative estimate of drug-likeness (QED) is 0.758. The summed E-state index contributed by atoms with van der Waals surface area (Å²) in [6.07, 6.45) is 1.81. The number of nitrogens with one attached hydrogen (secondary N) is 1. The summed E-state index contributed by atoms with van der Waals surface area (Å²) < 4.78 is 0. The standard InChI is InChI=1S/C21H26N4O/c1-15(2)24-9-11-25(12-10-24)18-5-3-16(4-6-18)21-19-13-17(14-26)23-20(19)7-8-22-21/h3-8,13,15,23,26H,9-12,14H2,1-2H3. The predicted molar refractivity (Wildman–Crippen MR) is 106 cm³/mol. The number of piperazine rings is 1. The summed E-state index contributed by atoms with van der Waals surface area (Å²) >= 11 is 0. The lowest BCUT2D eigenvalue weighted by molar-refractivity contribution is 0.209. The number of anilines is 1. The van der Waals surface area contributed by atoms with Gasteiger partial charge in [-0.1, -0.05) is 12.1 Å². The highest BCUT2D eigenvalue weighted by molar-refractivity contribution is 5.93. The van der Waals surface area contributed by atoms with E-state index in [0.717, 1.165) is 54.0 Å². The van der Waals surface area contributed by atoms with Crippen molar-refractivity contribution in [3.8, 4) is 11.3 Å². The molecule has 0 atom stereocenters. The van der Waals surface area contributed by atoms with Gasteiger partial charge in [0.05, 0.1) is 12.3 Å². The van der Waals surface area contributed by atoms with Gasteiger partial charge in [0.2, 0.25) is 0 Å². The van der Waals surface area contributed by atoms with E-state index < -0.39 is 0 Å². The van der Waals surface area contributed by atoms with Crippen LogP contribution in [-0.4, -0.2) is 52.2 Å². The molecule has 136 valence electrons. The van der Waals surface area contributed by atoms with Crippen molar-refractivity contribution in [1.82, 2.24) is 14.9 Å². The lowest BCUT2D eigenvalue weighted by Crippen LogP contribution is -2.48. The van der Waals surface area contributed by atoms with Crippen molar-refractivity contribution in [3.05, 3.63) is 48.3 Å². The third-order valence-electron chi connectivity index (χ3n) is 5.32. The van der Waals surface area contributed by atoms with Gasteiger partial charge in [-0.2, -0.15) is 0 Å². The van der Waals surface area contributed by atoms with Gasteiger partial charge in [-0.3, -0.25) is 9.88 Å². The number of aromatic amines is 1. The maximum Gasteiger partial charge on any atom is 0.0831 e. The summed E-state index contributed by atoms with van der Waals surface area (Å²) in [5.41, 5.74) is 5.15. The molecule has 4 rings (SSSR count). The van der Waals surface area contributed by atoms with Crippen molar-refractivity contribution in [2.45, 2.75) is 26.5 Å². The minimum atomic E-state index is 0.00934. The Bertz CT molecular complexity index is 877. The van der Waals surface area contributed by atoms with Gasteiger partial charge >= 0.3 is 0 Å². The average molecular weight is 350 g/mol. The SMILES string of the molecule is CC(C)N1CCN(c2ccc(-c3nccc4[nH]c(CO)cc34)cc2)CC1. The first kappa shape index (κ1) is 17.1. The summed E-state index contributed by atoms with van der Waals surface area (Å²) in [7, 11) is 0. The van der Waals surface area contributed by atoms with Crippen LogP contribution in [0.25, 0.3) is 22.2 Å². The summed E-state index contributed by atoms with van der Waals surface area (Å²) in [5, 5.41) is 10.4. The molecule has 0 aliphatic carbocycles. The van der Waals surface area contributed by atoms with E-state index in [9.17, 15) is 5.11 Å². The molecule has 0 unspecified atom stereocenters. The number of aliphatic hydroxyl groups excluding tert-OH is 1. The Morgan fingerprint density at radius 1 is 1.08 bits per heavy atom. The molecule has 1 fully saturated rings. The molecule has 0 saturated carbocycles. The summed E-state index contributed by atoms with van der Waals surface area (Å²) in [5.74, 6) is 0. The Labute approximate surface area is 154 Å². The number of hydrogen-bond acceptors (Lipinski definition) is 4. The molecular formula is C21H26N4O. The normalized spacial score (nSPS) is 15.9. The highest BCUT2D eigenvalue weighted by atomic mass is 16.3. The molecule has 26 heavy (non-hydrogen) atoms. The lowest BCUT2D eigenvalue weighted by Gasteiger charge is -2.38. The van der Waals surface area contributed by atoms with Crippen LogP contribution in [0.4, 0.5) is 5.69 Å². The molecule has 5 nitrogen and oxygen atoms in total. The van der Waals surface area contributed by atoms with E-state index in [1.165, 1.54) is 5.69 Å². The summed E-state index contributed by atoms with van der Waals surface area (Å²) in [6, 6.07) is 13.2. The van der Waals surface area contributed by atoms with Crippen LogP contribution in [0.2, 0.25) is 0 Å². The zero-order chi connectivity index (χ0) is 18.1. The molecule has 1 aliphatic rings. The largest absolute Gasteiger partial charge is 0.390 e. The zero-order valence-corrected chi connectivity index (χ0v) is 15.4. The van der Waals surface area contributed by atoms with Crippen LogP contribution in [0.3, 0.4) is 0 Å². The fraction of sp³-hybridized carbons (Fsp3) is 0.381. The van der Waals surface area contributed by atoms with Gasteiger partial charge < -0.3 is 15.0 Å². The summed E-state index contributed by atoms with van der Waals surface area (Å²) in [6.45, 7) is 8.92. The molecule has 3 aromatic rings. The number of pyridine rings is 1. The minimum absolute atomic E-state index is 0.00934. The van der Waals surface area contributed by atoms with Gasteiger partial charge in [0.15, 0.2) is 0 Å². The number of nitrogens with zero attached hydrogens (tertiary/aromatic N) is 3. The fourth-order valence-electron chi connectivity index (χ4n) is 3.75. The van der Waals surface area contributed by atoms with Crippen molar-refractivity contribution in [1.29, 1.82) is 0 Å². The Morgan fingerprint density at radius 2 is 1.81 bits per heavy atom. The van der Waals surface area contributed by atoms with Gasteiger partial charge in [-0.05, 0) is 38.1 Å². The molecule has 1 aromatic carbocycles. The van der Waals surface area contributed by atoms with Gasteiger partial charge in [-0.15, -0.1) is 0 Å². The average Bonchev–Trinajstić information content (AvgIpc) is 3.11. The molecule has 1 saturated heterocycles. The van der Waals surface area contributed by atoms with Crippen molar-refractivity contribution < 1.29 is 5.11 Å². The van der Waals surface area contributed by atoms with Gasteiger partial charge in [0.25, 0.3) is 0 Å². The molecule has 2 aromatic heterocycles. The van der Waals surface area contributed by atoms with E-state index in [2.05, 4.69) is 57.9 Å². The van der Waals surface area contributed by atoms with Crippen LogP contribution in [0.5, 0.6) is 0 Å². The second kappa shape index (κ2) is 7.09. The van der Waals surface area contributed by atoms with Crippen LogP contribution in [0.1, 0.15) is 19.5 Å². The van der Waals surface area contributed by atoms with Crippen LogP contribution in [0, 0.1) is 0 Å². The Hall–Kier alpha value is -2.37. The first-order valence-electron chi connectivity index (χ1n) is 9.32. The first-order valence-corrected chi connectivity index (χ1v) is 9.32. The Morgan fingerprint density at radius 3 is 2.46 bits per heavy atom. The highest BCUT2D eigenvalue weighted by Crippen LogP contribution is 2.29. The van der Waals surface area contributed by atoms with E-state index in [1.54, 1.807) is 0 Å². The maximum absolute atomic E-state index is 9.37. The summed E-state index contributed by atoms with van der Waals surface area (Å²) in [4.78, 5) is 12.8. The van der Waals surface area contributed by atoms with E-state index in [4.69, 9.17) is 0 Å². The topological polar surface area (TPSA) is 55.4 Å². The number of benzene rings is 1. The zero-order valence-electron chi connectivity index (χ0n) is 15.4. The number of rotatable bonds is 4. The molecule has 5 heteroatoms. The third-order valence-corrected chi connectivity index (χ3v) is 5.32. The monoisotopic (exact) mass is 350 g/mol. The molecule has 1 aliphatic heterocycles. The van der Waals surface area contributed by atoms with E-state index in [1.807, 2.05) is 18.3 Å². The van der Waals surface area contributed by atoms with Crippen LogP contribution < -0.4 is 4.90 Å².